The van der Waals surface area contributed by atoms with Gasteiger partial charge in [0.25, 0.3) is 0 Å². The number of carbonyl (C=O) groups excluding carboxylic acids is 1. The molecule has 1 aliphatic rings. The first-order chi connectivity index (χ1) is 6.25. The summed E-state index contributed by atoms with van der Waals surface area (Å²) in [5, 5.41) is 0. The van der Waals surface area contributed by atoms with E-state index in [1.165, 1.54) is 26.4 Å². The Kier molecular flexibility index (Phi) is 4.06. The molecule has 3 heteroatoms. The van der Waals surface area contributed by atoms with Crippen molar-refractivity contribution in [1.29, 1.82) is 0 Å². The summed E-state index contributed by atoms with van der Waals surface area (Å²) in [6.07, 6.45) is 5.82. The summed E-state index contributed by atoms with van der Waals surface area (Å²) < 4.78 is 4.74. The molecule has 0 bridgehead atoms. The van der Waals surface area contributed by atoms with Crippen LogP contribution in [0.3, 0.4) is 0 Å². The molecule has 0 unspecified atom stereocenters. The van der Waals surface area contributed by atoms with Gasteiger partial charge in [-0.3, -0.25) is 0 Å². The van der Waals surface area contributed by atoms with Crippen LogP contribution in [-0.2, 0) is 4.74 Å². The molecule has 0 aromatic heterocycles. The second-order valence-electron chi connectivity index (χ2n) is 3.72. The lowest BCUT2D eigenvalue weighted by Crippen LogP contribution is -2.39. The highest BCUT2D eigenvalue weighted by Gasteiger charge is 2.20. The monoisotopic (exact) mass is 185 g/mol. The number of amides is 1. The summed E-state index contributed by atoms with van der Waals surface area (Å²) >= 11 is 0. The lowest BCUT2D eigenvalue weighted by atomic mass is 10.0. The molecule has 0 N–H and O–H groups in total. The maximum Gasteiger partial charge on any atom is 0.409 e. The number of likely N-dealkylation sites (tertiary alicyclic amines) is 1. The van der Waals surface area contributed by atoms with Gasteiger partial charge in [0.15, 0.2) is 0 Å². The minimum Gasteiger partial charge on any atom is -0.453 e. The largest absolute Gasteiger partial charge is 0.453 e. The number of hydrogen-bond donors (Lipinski definition) is 0. The third-order valence-corrected chi connectivity index (χ3v) is 2.71. The summed E-state index contributed by atoms with van der Waals surface area (Å²) in [6, 6.07) is 0.341. The Hall–Kier alpha value is -0.730. The van der Waals surface area contributed by atoms with Gasteiger partial charge in [-0.15, -0.1) is 0 Å². The Morgan fingerprint density at radius 3 is 2.69 bits per heavy atom. The molecule has 1 atom stereocenters. The number of carbonyl (C=O) groups is 1. The quantitative estimate of drug-likeness (QED) is 0.580. The van der Waals surface area contributed by atoms with Crippen LogP contribution in [0.1, 0.15) is 39.0 Å². The molecule has 1 rings (SSSR count). The van der Waals surface area contributed by atoms with E-state index in [1.54, 1.807) is 0 Å². The van der Waals surface area contributed by atoms with Gasteiger partial charge in [-0.2, -0.15) is 0 Å². The zero-order valence-corrected chi connectivity index (χ0v) is 8.58. The first-order valence-electron chi connectivity index (χ1n) is 5.10. The second-order valence-corrected chi connectivity index (χ2v) is 3.72. The molecule has 13 heavy (non-hydrogen) atoms. The molecule has 76 valence electrons. The summed E-state index contributed by atoms with van der Waals surface area (Å²) in [6.45, 7) is 2.95. The molecule has 0 aliphatic carbocycles. The molecule has 0 spiro atoms. The van der Waals surface area contributed by atoms with Crippen LogP contribution in [0.4, 0.5) is 4.79 Å². The van der Waals surface area contributed by atoms with Gasteiger partial charge in [0.05, 0.1) is 7.11 Å². The highest BCUT2D eigenvalue weighted by molar-refractivity contribution is 5.67. The molecule has 3 nitrogen and oxygen atoms in total. The predicted molar refractivity (Wildman–Crippen MR) is 51.7 cm³/mol. The van der Waals surface area contributed by atoms with Crippen LogP contribution in [-0.4, -0.2) is 30.7 Å². The van der Waals surface area contributed by atoms with E-state index in [4.69, 9.17) is 4.74 Å². The van der Waals surface area contributed by atoms with E-state index in [2.05, 4.69) is 6.92 Å². The van der Waals surface area contributed by atoms with Crippen molar-refractivity contribution in [2.45, 2.75) is 45.1 Å². The van der Waals surface area contributed by atoms with Crippen LogP contribution in [0, 0.1) is 0 Å². The number of hydrogen-bond acceptors (Lipinski definition) is 2. The third kappa shape index (κ3) is 2.90. The van der Waals surface area contributed by atoms with Gasteiger partial charge in [0.2, 0.25) is 0 Å². The van der Waals surface area contributed by atoms with E-state index in [9.17, 15) is 4.79 Å². The molecule has 1 saturated heterocycles. The Morgan fingerprint density at radius 2 is 2.00 bits per heavy atom. The lowest BCUT2D eigenvalue weighted by molar-refractivity contribution is 0.101. The molecular formula is C10H19NO2. The van der Waals surface area contributed by atoms with E-state index in [0.29, 0.717) is 6.04 Å². The standard InChI is InChI=1S/C10H19NO2/c1-9-7-5-3-4-6-8-11(9)10(12)13-2/h9H,3-8H2,1-2H3/t9-/m0/s1. The predicted octanol–water partition coefficient (Wildman–Crippen LogP) is 2.41. The fourth-order valence-electron chi connectivity index (χ4n) is 1.84. The fourth-order valence-corrected chi connectivity index (χ4v) is 1.84. The van der Waals surface area contributed by atoms with Crippen molar-refractivity contribution in [2.24, 2.45) is 0 Å². The fraction of sp³-hybridized carbons (Fsp3) is 0.900. The maximum atomic E-state index is 11.3. The summed E-state index contributed by atoms with van der Waals surface area (Å²) in [5.74, 6) is 0. The number of methoxy groups -OCH3 is 1. The van der Waals surface area contributed by atoms with Gasteiger partial charge in [-0.1, -0.05) is 19.3 Å². The molecule has 0 saturated carbocycles. The van der Waals surface area contributed by atoms with Crippen LogP contribution >= 0.6 is 0 Å². The van der Waals surface area contributed by atoms with E-state index in [-0.39, 0.29) is 6.09 Å². The van der Waals surface area contributed by atoms with Crippen molar-refractivity contribution in [3.8, 4) is 0 Å². The highest BCUT2D eigenvalue weighted by atomic mass is 16.5. The zero-order chi connectivity index (χ0) is 9.68. The average Bonchev–Trinajstić information content (AvgIpc) is 2.11. The van der Waals surface area contributed by atoms with Gasteiger partial charge >= 0.3 is 6.09 Å². The van der Waals surface area contributed by atoms with Gasteiger partial charge in [-0.05, 0) is 19.8 Å². The molecule has 0 aromatic carbocycles. The van der Waals surface area contributed by atoms with Crippen molar-refractivity contribution in [1.82, 2.24) is 4.90 Å². The van der Waals surface area contributed by atoms with E-state index in [1.807, 2.05) is 4.90 Å². The van der Waals surface area contributed by atoms with E-state index < -0.39 is 0 Å². The highest BCUT2D eigenvalue weighted by Crippen LogP contribution is 2.16. The van der Waals surface area contributed by atoms with Crippen molar-refractivity contribution in [2.75, 3.05) is 13.7 Å². The SMILES string of the molecule is COC(=O)N1CCCCCC[C@@H]1C. The van der Waals surface area contributed by atoms with E-state index >= 15 is 0 Å². The van der Waals surface area contributed by atoms with Crippen molar-refractivity contribution < 1.29 is 9.53 Å². The second kappa shape index (κ2) is 5.10. The molecular weight excluding hydrogens is 166 g/mol. The van der Waals surface area contributed by atoms with E-state index in [0.717, 1.165) is 19.4 Å². The minimum atomic E-state index is -0.172. The molecule has 1 heterocycles. The van der Waals surface area contributed by atoms with Crippen LogP contribution in [0.15, 0.2) is 0 Å². The molecule has 1 amide bonds. The number of rotatable bonds is 0. The van der Waals surface area contributed by atoms with Crippen molar-refractivity contribution in [3.63, 3.8) is 0 Å². The van der Waals surface area contributed by atoms with Gasteiger partial charge in [-0.25, -0.2) is 4.79 Å². The topological polar surface area (TPSA) is 29.5 Å². The van der Waals surface area contributed by atoms with Crippen molar-refractivity contribution >= 4 is 6.09 Å². The zero-order valence-electron chi connectivity index (χ0n) is 8.58. The Bertz CT molecular complexity index is 170. The first kappa shape index (κ1) is 10.4. The average molecular weight is 185 g/mol. The molecule has 1 fully saturated rings. The lowest BCUT2D eigenvalue weighted by Gasteiger charge is -2.29. The summed E-state index contributed by atoms with van der Waals surface area (Å²) in [4.78, 5) is 13.2. The number of ether oxygens (including phenoxy) is 1. The van der Waals surface area contributed by atoms with Gasteiger partial charge in [0.1, 0.15) is 0 Å². The first-order valence-corrected chi connectivity index (χ1v) is 5.10. The maximum absolute atomic E-state index is 11.3. The number of nitrogens with zero attached hydrogens (tertiary/aromatic N) is 1. The van der Waals surface area contributed by atoms with Crippen LogP contribution in [0.25, 0.3) is 0 Å². The molecule has 0 aromatic rings. The summed E-state index contributed by atoms with van der Waals surface area (Å²) in [5.41, 5.74) is 0. The van der Waals surface area contributed by atoms with Gasteiger partial charge < -0.3 is 9.64 Å². The smallest absolute Gasteiger partial charge is 0.409 e. The Balaban J connectivity index is 2.50. The summed E-state index contributed by atoms with van der Waals surface area (Å²) in [7, 11) is 1.45. The Labute approximate surface area is 80.1 Å². The Morgan fingerprint density at radius 1 is 1.31 bits per heavy atom. The molecule has 0 radical (unpaired) electrons. The van der Waals surface area contributed by atoms with Crippen LogP contribution in [0.2, 0.25) is 0 Å². The van der Waals surface area contributed by atoms with Crippen LogP contribution < -0.4 is 0 Å². The van der Waals surface area contributed by atoms with Crippen molar-refractivity contribution in [3.05, 3.63) is 0 Å². The molecule has 1 aliphatic heterocycles. The van der Waals surface area contributed by atoms with Crippen LogP contribution in [0.5, 0.6) is 0 Å². The normalized spacial score (nSPS) is 24.8. The minimum absolute atomic E-state index is 0.172. The third-order valence-electron chi connectivity index (χ3n) is 2.71. The van der Waals surface area contributed by atoms with Gasteiger partial charge in [0, 0.05) is 12.6 Å².